The zero-order chi connectivity index (χ0) is 13.0. The smallest absolute Gasteiger partial charge is 0.243 e. The fourth-order valence-electron chi connectivity index (χ4n) is 2.16. The molecule has 2 N–H and O–H groups in total. The molecule has 4 heteroatoms. The Hall–Kier alpha value is -1.84. The van der Waals surface area contributed by atoms with E-state index in [4.69, 9.17) is 0 Å². The van der Waals surface area contributed by atoms with E-state index in [1.807, 2.05) is 12.1 Å². The lowest BCUT2D eigenvalue weighted by molar-refractivity contribution is -0.123. The van der Waals surface area contributed by atoms with Gasteiger partial charge in [-0.15, -0.1) is 0 Å². The van der Waals surface area contributed by atoms with Crippen molar-refractivity contribution in [3.63, 3.8) is 0 Å². The molecule has 1 aromatic rings. The van der Waals surface area contributed by atoms with E-state index >= 15 is 0 Å². The molecule has 0 unspecified atom stereocenters. The Balaban J connectivity index is 1.89. The Labute approximate surface area is 107 Å². The van der Waals surface area contributed by atoms with Crippen LogP contribution in [0.1, 0.15) is 30.9 Å². The molecule has 0 aliphatic heterocycles. The zero-order valence-electron chi connectivity index (χ0n) is 10.6. The van der Waals surface area contributed by atoms with Crippen molar-refractivity contribution in [3.05, 3.63) is 29.3 Å². The van der Waals surface area contributed by atoms with E-state index in [1.54, 1.807) is 6.92 Å². The molecule has 0 radical (unpaired) electrons. The van der Waals surface area contributed by atoms with Crippen LogP contribution in [0.5, 0.6) is 0 Å². The summed E-state index contributed by atoms with van der Waals surface area (Å²) < 4.78 is 0. The minimum atomic E-state index is -0.185. The molecule has 2 amide bonds. The Morgan fingerprint density at radius 1 is 1.17 bits per heavy atom. The average Bonchev–Trinajstić information content (AvgIpc) is 2.83. The standard InChI is InChI=1S/C14H18N2O2/c1-2-13(17)15-9-14(18)16-12-7-6-10-4-3-5-11(10)8-12/h6-8H,2-5,9H2,1H3,(H,15,17)(H,16,18). The summed E-state index contributed by atoms with van der Waals surface area (Å²) in [5.41, 5.74) is 3.52. The molecule has 18 heavy (non-hydrogen) atoms. The normalized spacial score (nSPS) is 12.9. The maximum atomic E-state index is 11.6. The monoisotopic (exact) mass is 246 g/mol. The van der Waals surface area contributed by atoms with Gasteiger partial charge in [0.15, 0.2) is 0 Å². The number of carbonyl (C=O) groups excluding carboxylic acids is 2. The summed E-state index contributed by atoms with van der Waals surface area (Å²) in [7, 11) is 0. The molecule has 0 bridgehead atoms. The summed E-state index contributed by atoms with van der Waals surface area (Å²) in [6.07, 6.45) is 3.81. The van der Waals surface area contributed by atoms with E-state index in [-0.39, 0.29) is 18.4 Å². The second-order valence-electron chi connectivity index (χ2n) is 4.52. The van der Waals surface area contributed by atoms with E-state index in [0.717, 1.165) is 18.5 Å². The Kier molecular flexibility index (Phi) is 3.97. The number of fused-ring (bicyclic) bond motifs is 1. The lowest BCUT2D eigenvalue weighted by Gasteiger charge is -2.08. The summed E-state index contributed by atoms with van der Waals surface area (Å²) in [6.45, 7) is 1.79. The number of rotatable bonds is 4. The van der Waals surface area contributed by atoms with E-state index in [9.17, 15) is 9.59 Å². The maximum Gasteiger partial charge on any atom is 0.243 e. The van der Waals surface area contributed by atoms with Gasteiger partial charge < -0.3 is 10.6 Å². The van der Waals surface area contributed by atoms with Crippen LogP contribution < -0.4 is 10.6 Å². The topological polar surface area (TPSA) is 58.2 Å². The predicted octanol–water partition coefficient (Wildman–Crippen LogP) is 1.64. The minimum Gasteiger partial charge on any atom is -0.347 e. The second-order valence-corrected chi connectivity index (χ2v) is 4.52. The van der Waals surface area contributed by atoms with Crippen LogP contribution >= 0.6 is 0 Å². The van der Waals surface area contributed by atoms with Crippen molar-refractivity contribution in [2.45, 2.75) is 32.6 Å². The van der Waals surface area contributed by atoms with Crippen LogP contribution in [0.2, 0.25) is 0 Å². The highest BCUT2D eigenvalue weighted by atomic mass is 16.2. The summed E-state index contributed by atoms with van der Waals surface area (Å²) in [5, 5.41) is 5.35. The van der Waals surface area contributed by atoms with Crippen molar-refractivity contribution in [1.82, 2.24) is 5.32 Å². The highest BCUT2D eigenvalue weighted by Gasteiger charge is 2.11. The van der Waals surface area contributed by atoms with Crippen LogP contribution in [0.4, 0.5) is 5.69 Å². The number of nitrogens with one attached hydrogen (secondary N) is 2. The lowest BCUT2D eigenvalue weighted by Crippen LogP contribution is -2.32. The second kappa shape index (κ2) is 5.67. The highest BCUT2D eigenvalue weighted by Crippen LogP contribution is 2.24. The van der Waals surface area contributed by atoms with E-state index in [0.29, 0.717) is 6.42 Å². The Morgan fingerprint density at radius 2 is 1.94 bits per heavy atom. The first-order valence-corrected chi connectivity index (χ1v) is 6.37. The number of hydrogen-bond acceptors (Lipinski definition) is 2. The first-order chi connectivity index (χ1) is 8.69. The zero-order valence-corrected chi connectivity index (χ0v) is 10.6. The van der Waals surface area contributed by atoms with Crippen molar-refractivity contribution >= 4 is 17.5 Å². The Morgan fingerprint density at radius 3 is 2.72 bits per heavy atom. The van der Waals surface area contributed by atoms with Gasteiger partial charge in [0.2, 0.25) is 11.8 Å². The number of aryl methyl sites for hydroxylation is 2. The van der Waals surface area contributed by atoms with Crippen molar-refractivity contribution < 1.29 is 9.59 Å². The Bertz CT molecular complexity index is 469. The molecule has 1 aliphatic carbocycles. The molecule has 1 aliphatic rings. The third kappa shape index (κ3) is 3.09. The van der Waals surface area contributed by atoms with E-state index in [1.165, 1.54) is 17.5 Å². The molecule has 0 saturated heterocycles. The first-order valence-electron chi connectivity index (χ1n) is 6.37. The molecule has 0 atom stereocenters. The summed E-state index contributed by atoms with van der Waals surface area (Å²) >= 11 is 0. The van der Waals surface area contributed by atoms with Gasteiger partial charge in [-0.1, -0.05) is 13.0 Å². The van der Waals surface area contributed by atoms with Gasteiger partial charge in [-0.05, 0) is 42.5 Å². The molecule has 1 aromatic carbocycles. The van der Waals surface area contributed by atoms with Crippen molar-refractivity contribution in [3.8, 4) is 0 Å². The molecule has 0 aromatic heterocycles. The summed E-state index contributed by atoms with van der Waals surface area (Å²) in [4.78, 5) is 22.6. The predicted molar refractivity (Wildman–Crippen MR) is 70.4 cm³/mol. The molecule has 0 saturated carbocycles. The van der Waals surface area contributed by atoms with Crippen LogP contribution in [0.15, 0.2) is 18.2 Å². The van der Waals surface area contributed by atoms with Gasteiger partial charge in [-0.2, -0.15) is 0 Å². The molecule has 96 valence electrons. The number of amides is 2. The third-order valence-corrected chi connectivity index (χ3v) is 3.15. The minimum absolute atomic E-state index is 0.0315. The number of benzene rings is 1. The van der Waals surface area contributed by atoms with E-state index in [2.05, 4.69) is 16.7 Å². The van der Waals surface area contributed by atoms with Gasteiger partial charge in [-0.3, -0.25) is 9.59 Å². The fourth-order valence-corrected chi connectivity index (χ4v) is 2.16. The van der Waals surface area contributed by atoms with Gasteiger partial charge in [0.05, 0.1) is 6.54 Å². The fraction of sp³-hybridized carbons (Fsp3) is 0.429. The maximum absolute atomic E-state index is 11.6. The molecule has 0 spiro atoms. The SMILES string of the molecule is CCC(=O)NCC(=O)Nc1ccc2c(c1)CCC2. The average molecular weight is 246 g/mol. The molecule has 2 rings (SSSR count). The summed E-state index contributed by atoms with van der Waals surface area (Å²) in [6, 6.07) is 6.02. The lowest BCUT2D eigenvalue weighted by atomic mass is 10.1. The number of hydrogen-bond donors (Lipinski definition) is 2. The van der Waals surface area contributed by atoms with Gasteiger partial charge in [0, 0.05) is 12.1 Å². The van der Waals surface area contributed by atoms with Crippen LogP contribution in [0.25, 0.3) is 0 Å². The molecular weight excluding hydrogens is 228 g/mol. The van der Waals surface area contributed by atoms with Crippen LogP contribution in [-0.2, 0) is 22.4 Å². The van der Waals surface area contributed by atoms with Crippen LogP contribution in [-0.4, -0.2) is 18.4 Å². The molecule has 0 heterocycles. The van der Waals surface area contributed by atoms with Gasteiger partial charge in [0.25, 0.3) is 0 Å². The van der Waals surface area contributed by atoms with Gasteiger partial charge in [-0.25, -0.2) is 0 Å². The third-order valence-electron chi connectivity index (χ3n) is 3.15. The van der Waals surface area contributed by atoms with Crippen molar-refractivity contribution in [1.29, 1.82) is 0 Å². The highest BCUT2D eigenvalue weighted by molar-refractivity contribution is 5.94. The van der Waals surface area contributed by atoms with Crippen LogP contribution in [0.3, 0.4) is 0 Å². The van der Waals surface area contributed by atoms with Crippen molar-refractivity contribution in [2.75, 3.05) is 11.9 Å². The first kappa shape index (κ1) is 12.6. The largest absolute Gasteiger partial charge is 0.347 e. The van der Waals surface area contributed by atoms with Crippen molar-refractivity contribution in [2.24, 2.45) is 0 Å². The quantitative estimate of drug-likeness (QED) is 0.848. The molecule has 0 fully saturated rings. The molecule has 4 nitrogen and oxygen atoms in total. The number of carbonyl (C=O) groups is 2. The van der Waals surface area contributed by atoms with E-state index < -0.39 is 0 Å². The summed E-state index contributed by atoms with van der Waals surface area (Å²) in [5.74, 6) is -0.297. The van der Waals surface area contributed by atoms with Gasteiger partial charge in [0.1, 0.15) is 0 Å². The van der Waals surface area contributed by atoms with Crippen LogP contribution in [0, 0.1) is 0 Å². The molecular formula is C14H18N2O2. The number of anilines is 1. The van der Waals surface area contributed by atoms with Gasteiger partial charge >= 0.3 is 0 Å².